The van der Waals surface area contributed by atoms with Gasteiger partial charge in [0, 0.05) is 46.5 Å². The van der Waals surface area contributed by atoms with E-state index in [1.54, 1.807) is 11.1 Å². The second kappa shape index (κ2) is 8.44. The van der Waals surface area contributed by atoms with Crippen molar-refractivity contribution in [2.24, 2.45) is 0 Å². The van der Waals surface area contributed by atoms with Crippen molar-refractivity contribution in [2.75, 3.05) is 66.3 Å². The molecule has 2 heterocycles. The Bertz CT molecular complexity index is 523. The average Bonchev–Trinajstić information content (AvgIpc) is 2.59. The van der Waals surface area contributed by atoms with Crippen molar-refractivity contribution >= 4 is 11.7 Å². The molecule has 2 rings (SSSR count). The zero-order valence-electron chi connectivity index (χ0n) is 15.7. The summed E-state index contributed by atoms with van der Waals surface area (Å²) in [5.74, 6) is 0.890. The first-order valence-electron chi connectivity index (χ1n) is 8.66. The third kappa shape index (κ3) is 4.92. The summed E-state index contributed by atoms with van der Waals surface area (Å²) in [4.78, 5) is 25.3. The molecule has 1 aliphatic rings. The molecule has 1 saturated heterocycles. The molecule has 0 unspecified atom stereocenters. The molecule has 1 aromatic rings. The van der Waals surface area contributed by atoms with Crippen LogP contribution in [0.5, 0.6) is 0 Å². The molecule has 134 valence electrons. The normalized spacial score (nSPS) is 16.4. The summed E-state index contributed by atoms with van der Waals surface area (Å²) in [5.41, 5.74) is 0.644. The topological polar surface area (TPSA) is 42.9 Å². The standard InChI is InChI=1S/C18H31N5O/c1-20(2)17-7-6-15(14-19-17)18(24)23(5)13-12-22(4)16-8-10-21(3)11-9-16/h6-7,14,16H,8-13H2,1-5H3. The van der Waals surface area contributed by atoms with Crippen LogP contribution < -0.4 is 4.90 Å². The smallest absolute Gasteiger partial charge is 0.255 e. The molecule has 6 heteroatoms. The van der Waals surface area contributed by atoms with E-state index in [4.69, 9.17) is 0 Å². The number of anilines is 1. The van der Waals surface area contributed by atoms with Gasteiger partial charge in [0.25, 0.3) is 5.91 Å². The summed E-state index contributed by atoms with van der Waals surface area (Å²) in [6.45, 7) is 3.96. The summed E-state index contributed by atoms with van der Waals surface area (Å²) in [5, 5.41) is 0. The fraction of sp³-hybridized carbons (Fsp3) is 0.667. The van der Waals surface area contributed by atoms with E-state index in [0.29, 0.717) is 11.6 Å². The van der Waals surface area contributed by atoms with E-state index in [2.05, 4.69) is 28.9 Å². The first-order chi connectivity index (χ1) is 11.4. The number of carbonyl (C=O) groups is 1. The van der Waals surface area contributed by atoms with Crippen LogP contribution in [0.1, 0.15) is 23.2 Å². The van der Waals surface area contributed by atoms with Gasteiger partial charge in [-0.3, -0.25) is 4.79 Å². The van der Waals surface area contributed by atoms with E-state index < -0.39 is 0 Å². The molecular formula is C18H31N5O. The highest BCUT2D eigenvalue weighted by molar-refractivity contribution is 5.93. The second-order valence-corrected chi connectivity index (χ2v) is 7.04. The highest BCUT2D eigenvalue weighted by atomic mass is 16.2. The van der Waals surface area contributed by atoms with E-state index >= 15 is 0 Å². The quantitative estimate of drug-likeness (QED) is 0.784. The lowest BCUT2D eigenvalue weighted by molar-refractivity contribution is 0.0758. The summed E-state index contributed by atoms with van der Waals surface area (Å²) >= 11 is 0. The van der Waals surface area contributed by atoms with E-state index in [1.807, 2.05) is 38.2 Å². The van der Waals surface area contributed by atoms with Crippen molar-refractivity contribution in [2.45, 2.75) is 18.9 Å². The van der Waals surface area contributed by atoms with Crippen molar-refractivity contribution in [3.05, 3.63) is 23.9 Å². The van der Waals surface area contributed by atoms with Crippen LogP contribution in [-0.2, 0) is 0 Å². The third-order valence-electron chi connectivity index (χ3n) is 4.90. The van der Waals surface area contributed by atoms with Gasteiger partial charge in [0.05, 0.1) is 5.56 Å². The predicted molar refractivity (Wildman–Crippen MR) is 98.7 cm³/mol. The van der Waals surface area contributed by atoms with Gasteiger partial charge in [-0.15, -0.1) is 0 Å². The molecule has 0 radical (unpaired) electrons. The van der Waals surface area contributed by atoms with Gasteiger partial charge in [-0.2, -0.15) is 0 Å². The van der Waals surface area contributed by atoms with Crippen LogP contribution >= 0.6 is 0 Å². The first kappa shape index (κ1) is 18.7. The van der Waals surface area contributed by atoms with Crippen molar-refractivity contribution in [1.82, 2.24) is 19.7 Å². The zero-order valence-corrected chi connectivity index (χ0v) is 15.7. The number of nitrogens with zero attached hydrogens (tertiary/aromatic N) is 5. The van der Waals surface area contributed by atoms with Crippen LogP contribution in [-0.4, -0.2) is 93.1 Å². The minimum atomic E-state index is 0.0320. The molecule has 0 saturated carbocycles. The molecule has 0 aliphatic carbocycles. The van der Waals surface area contributed by atoms with Crippen LogP contribution in [0.15, 0.2) is 18.3 Å². The van der Waals surface area contributed by atoms with Crippen molar-refractivity contribution in [3.8, 4) is 0 Å². The second-order valence-electron chi connectivity index (χ2n) is 7.04. The first-order valence-corrected chi connectivity index (χ1v) is 8.66. The Hall–Kier alpha value is -1.66. The van der Waals surface area contributed by atoms with Crippen molar-refractivity contribution in [3.63, 3.8) is 0 Å². The Morgan fingerprint density at radius 3 is 2.38 bits per heavy atom. The van der Waals surface area contributed by atoms with E-state index in [0.717, 1.165) is 32.0 Å². The number of carbonyl (C=O) groups excluding carboxylic acids is 1. The van der Waals surface area contributed by atoms with Gasteiger partial charge in [-0.05, 0) is 52.2 Å². The summed E-state index contributed by atoms with van der Waals surface area (Å²) in [6.07, 6.45) is 4.08. The van der Waals surface area contributed by atoms with Crippen LogP contribution in [0.2, 0.25) is 0 Å². The minimum absolute atomic E-state index is 0.0320. The Morgan fingerprint density at radius 2 is 1.83 bits per heavy atom. The molecule has 0 N–H and O–H groups in total. The third-order valence-corrected chi connectivity index (χ3v) is 4.90. The molecule has 6 nitrogen and oxygen atoms in total. The number of aromatic nitrogens is 1. The molecular weight excluding hydrogens is 302 g/mol. The number of hydrogen-bond acceptors (Lipinski definition) is 5. The summed E-state index contributed by atoms with van der Waals surface area (Å²) < 4.78 is 0. The number of amides is 1. The van der Waals surface area contributed by atoms with Gasteiger partial charge in [0.1, 0.15) is 5.82 Å². The molecule has 24 heavy (non-hydrogen) atoms. The highest BCUT2D eigenvalue weighted by Crippen LogP contribution is 2.14. The molecule has 1 amide bonds. The van der Waals surface area contributed by atoms with Gasteiger partial charge in [-0.1, -0.05) is 0 Å². The van der Waals surface area contributed by atoms with Gasteiger partial charge in [-0.25, -0.2) is 4.98 Å². The number of pyridine rings is 1. The van der Waals surface area contributed by atoms with Crippen molar-refractivity contribution < 1.29 is 4.79 Å². The molecule has 0 bridgehead atoms. The molecule has 0 aromatic carbocycles. The van der Waals surface area contributed by atoms with Crippen LogP contribution in [0.3, 0.4) is 0 Å². The highest BCUT2D eigenvalue weighted by Gasteiger charge is 2.21. The average molecular weight is 333 g/mol. The SMILES string of the molecule is CN1CCC(N(C)CCN(C)C(=O)c2ccc(N(C)C)nc2)CC1. The Kier molecular flexibility index (Phi) is 6.57. The number of hydrogen-bond donors (Lipinski definition) is 0. The number of rotatable bonds is 6. The Labute approximate surface area is 146 Å². The van der Waals surface area contributed by atoms with Crippen molar-refractivity contribution in [1.29, 1.82) is 0 Å². The number of likely N-dealkylation sites (N-methyl/N-ethyl adjacent to an activating group) is 2. The number of likely N-dealkylation sites (tertiary alicyclic amines) is 1. The van der Waals surface area contributed by atoms with E-state index in [9.17, 15) is 4.79 Å². The molecule has 1 aromatic heterocycles. The molecule has 0 atom stereocenters. The molecule has 0 spiro atoms. The maximum absolute atomic E-state index is 12.5. The van der Waals surface area contributed by atoms with Crippen LogP contribution in [0, 0.1) is 0 Å². The fourth-order valence-electron chi connectivity index (χ4n) is 3.03. The molecule has 1 fully saturated rings. The Morgan fingerprint density at radius 1 is 1.17 bits per heavy atom. The number of piperidine rings is 1. The van der Waals surface area contributed by atoms with Gasteiger partial charge in [0.15, 0.2) is 0 Å². The summed E-state index contributed by atoms with van der Waals surface area (Å²) in [7, 11) is 10.1. The maximum atomic E-state index is 12.5. The van der Waals surface area contributed by atoms with E-state index in [-0.39, 0.29) is 5.91 Å². The van der Waals surface area contributed by atoms with Crippen LogP contribution in [0.25, 0.3) is 0 Å². The lowest BCUT2D eigenvalue weighted by Gasteiger charge is -2.35. The van der Waals surface area contributed by atoms with E-state index in [1.165, 1.54) is 12.8 Å². The maximum Gasteiger partial charge on any atom is 0.255 e. The van der Waals surface area contributed by atoms with Gasteiger partial charge in [0.2, 0.25) is 0 Å². The Balaban J connectivity index is 1.82. The lowest BCUT2D eigenvalue weighted by Crippen LogP contribution is -2.44. The fourth-order valence-corrected chi connectivity index (χ4v) is 3.03. The zero-order chi connectivity index (χ0) is 17.7. The largest absolute Gasteiger partial charge is 0.363 e. The summed E-state index contributed by atoms with van der Waals surface area (Å²) in [6, 6.07) is 4.36. The van der Waals surface area contributed by atoms with Gasteiger partial charge < -0.3 is 19.6 Å². The lowest BCUT2D eigenvalue weighted by atomic mass is 10.0. The predicted octanol–water partition coefficient (Wildman–Crippen LogP) is 1.25. The monoisotopic (exact) mass is 333 g/mol. The molecule has 1 aliphatic heterocycles. The van der Waals surface area contributed by atoms with Crippen LogP contribution in [0.4, 0.5) is 5.82 Å². The minimum Gasteiger partial charge on any atom is -0.363 e. The van der Waals surface area contributed by atoms with Gasteiger partial charge >= 0.3 is 0 Å².